The average Bonchev–Trinajstić information content (AvgIpc) is 2.48. The smallest absolute Gasteiger partial charge is 0.248 e. The molecule has 1 saturated heterocycles. The third kappa shape index (κ3) is 5.12. The molecule has 1 heterocycles. The number of nitrogens with zero attached hydrogens (tertiary/aromatic N) is 1. The second kappa shape index (κ2) is 7.54. The highest BCUT2D eigenvalue weighted by Gasteiger charge is 2.32. The van der Waals surface area contributed by atoms with Crippen molar-refractivity contribution in [3.63, 3.8) is 0 Å². The van der Waals surface area contributed by atoms with Crippen LogP contribution < -0.4 is 0 Å². The number of rotatable bonds is 6. The highest BCUT2D eigenvalue weighted by molar-refractivity contribution is 5.77. The summed E-state index contributed by atoms with van der Waals surface area (Å²) in [6.07, 6.45) is 1.13. The molecule has 0 saturated carbocycles. The van der Waals surface area contributed by atoms with E-state index in [2.05, 4.69) is 0 Å². The maximum absolute atomic E-state index is 12.0. The molecule has 1 aliphatic heterocycles. The molecule has 0 radical (unpaired) electrons. The van der Waals surface area contributed by atoms with E-state index in [1.54, 1.807) is 7.05 Å². The predicted molar refractivity (Wildman–Crippen MR) is 78.7 cm³/mol. The summed E-state index contributed by atoms with van der Waals surface area (Å²) in [6, 6.07) is 9.73. The van der Waals surface area contributed by atoms with Crippen molar-refractivity contribution in [1.82, 2.24) is 4.90 Å². The molecule has 5 heteroatoms. The standard InChI is InChI=1S/C16H23NO4/c1-17(13-16(19)7-9-20-10-8-16)15(18)12-21-11-14-5-3-2-4-6-14/h2-6,19H,7-13H2,1H3. The van der Waals surface area contributed by atoms with Crippen molar-refractivity contribution in [1.29, 1.82) is 0 Å². The van der Waals surface area contributed by atoms with Crippen LogP contribution in [0.4, 0.5) is 0 Å². The Kier molecular flexibility index (Phi) is 5.73. The van der Waals surface area contributed by atoms with Gasteiger partial charge in [0.15, 0.2) is 0 Å². The minimum Gasteiger partial charge on any atom is -0.388 e. The lowest BCUT2D eigenvalue weighted by Gasteiger charge is -2.35. The summed E-state index contributed by atoms with van der Waals surface area (Å²) in [5.41, 5.74) is 0.207. The molecule has 1 aliphatic rings. The van der Waals surface area contributed by atoms with Gasteiger partial charge in [-0.1, -0.05) is 30.3 Å². The summed E-state index contributed by atoms with van der Waals surface area (Å²) in [4.78, 5) is 13.5. The molecule has 1 fully saturated rings. The zero-order valence-corrected chi connectivity index (χ0v) is 12.5. The largest absolute Gasteiger partial charge is 0.388 e. The van der Waals surface area contributed by atoms with Crippen molar-refractivity contribution in [2.75, 3.05) is 33.4 Å². The minimum absolute atomic E-state index is 0.0258. The van der Waals surface area contributed by atoms with E-state index >= 15 is 0 Å². The van der Waals surface area contributed by atoms with Gasteiger partial charge in [0.1, 0.15) is 6.61 Å². The van der Waals surface area contributed by atoms with E-state index in [1.165, 1.54) is 4.90 Å². The van der Waals surface area contributed by atoms with Crippen molar-refractivity contribution < 1.29 is 19.4 Å². The average molecular weight is 293 g/mol. The molecule has 5 nitrogen and oxygen atoms in total. The topological polar surface area (TPSA) is 59.0 Å². The molecule has 0 spiro atoms. The molecular formula is C16H23NO4. The molecule has 1 aromatic carbocycles. The first-order valence-corrected chi connectivity index (χ1v) is 7.25. The molecule has 116 valence electrons. The van der Waals surface area contributed by atoms with Gasteiger partial charge in [-0.15, -0.1) is 0 Å². The fourth-order valence-electron chi connectivity index (χ4n) is 2.38. The Morgan fingerprint density at radius 1 is 1.33 bits per heavy atom. The molecular weight excluding hydrogens is 270 g/mol. The van der Waals surface area contributed by atoms with Crippen molar-refractivity contribution in [2.24, 2.45) is 0 Å². The molecule has 0 aliphatic carbocycles. The van der Waals surface area contributed by atoms with Gasteiger partial charge >= 0.3 is 0 Å². The van der Waals surface area contributed by atoms with Crippen LogP contribution in [0.25, 0.3) is 0 Å². The van der Waals surface area contributed by atoms with Crippen LogP contribution in [-0.2, 0) is 20.9 Å². The Balaban J connectivity index is 1.72. The van der Waals surface area contributed by atoms with Gasteiger partial charge in [-0.05, 0) is 5.56 Å². The number of carbonyl (C=O) groups excluding carboxylic acids is 1. The second-order valence-corrected chi connectivity index (χ2v) is 5.56. The van der Waals surface area contributed by atoms with Crippen LogP contribution in [0.5, 0.6) is 0 Å². The lowest BCUT2D eigenvalue weighted by molar-refractivity contribution is -0.141. The van der Waals surface area contributed by atoms with E-state index in [9.17, 15) is 9.90 Å². The molecule has 0 unspecified atom stereocenters. The Hall–Kier alpha value is -1.43. The summed E-state index contributed by atoms with van der Waals surface area (Å²) in [5, 5.41) is 10.4. The number of hydrogen-bond donors (Lipinski definition) is 1. The zero-order chi connectivity index (χ0) is 15.1. The molecule has 0 aromatic heterocycles. The third-order valence-electron chi connectivity index (χ3n) is 3.72. The molecule has 1 aromatic rings. The summed E-state index contributed by atoms with van der Waals surface area (Å²) < 4.78 is 10.7. The highest BCUT2D eigenvalue weighted by Crippen LogP contribution is 2.21. The van der Waals surface area contributed by atoms with Gasteiger partial charge in [0.25, 0.3) is 0 Å². The summed E-state index contributed by atoms with van der Waals surface area (Å²) in [5.74, 6) is -0.120. The first-order valence-electron chi connectivity index (χ1n) is 7.25. The number of ether oxygens (including phenoxy) is 2. The summed E-state index contributed by atoms with van der Waals surface area (Å²) in [6.45, 7) is 1.85. The van der Waals surface area contributed by atoms with Crippen molar-refractivity contribution in [3.05, 3.63) is 35.9 Å². The van der Waals surface area contributed by atoms with E-state index in [1.807, 2.05) is 30.3 Å². The summed E-state index contributed by atoms with van der Waals surface area (Å²) in [7, 11) is 1.70. The van der Waals surface area contributed by atoms with Gasteiger partial charge in [-0.3, -0.25) is 4.79 Å². The maximum Gasteiger partial charge on any atom is 0.248 e. The Morgan fingerprint density at radius 3 is 2.67 bits per heavy atom. The van der Waals surface area contributed by atoms with Crippen LogP contribution in [0.3, 0.4) is 0 Å². The van der Waals surface area contributed by atoms with Crippen molar-refractivity contribution in [2.45, 2.75) is 25.0 Å². The minimum atomic E-state index is -0.831. The van der Waals surface area contributed by atoms with Gasteiger partial charge < -0.3 is 19.5 Å². The van der Waals surface area contributed by atoms with Gasteiger partial charge in [-0.2, -0.15) is 0 Å². The quantitative estimate of drug-likeness (QED) is 0.856. The Morgan fingerprint density at radius 2 is 2.00 bits per heavy atom. The first-order chi connectivity index (χ1) is 10.1. The van der Waals surface area contributed by atoms with Crippen molar-refractivity contribution >= 4 is 5.91 Å². The summed E-state index contributed by atoms with van der Waals surface area (Å²) >= 11 is 0. The first kappa shape index (κ1) is 15.9. The van der Waals surface area contributed by atoms with Gasteiger partial charge in [0.05, 0.1) is 12.2 Å². The molecule has 1 N–H and O–H groups in total. The van der Waals surface area contributed by atoms with E-state index in [4.69, 9.17) is 9.47 Å². The second-order valence-electron chi connectivity index (χ2n) is 5.56. The Bertz CT molecular complexity index is 443. The molecule has 21 heavy (non-hydrogen) atoms. The third-order valence-corrected chi connectivity index (χ3v) is 3.72. The molecule has 2 rings (SSSR count). The lowest BCUT2D eigenvalue weighted by atomic mass is 9.94. The van der Waals surface area contributed by atoms with Crippen LogP contribution in [0, 0.1) is 0 Å². The monoisotopic (exact) mass is 293 g/mol. The fraction of sp³-hybridized carbons (Fsp3) is 0.562. The zero-order valence-electron chi connectivity index (χ0n) is 12.5. The number of carbonyl (C=O) groups is 1. The fourth-order valence-corrected chi connectivity index (χ4v) is 2.38. The van der Waals surface area contributed by atoms with E-state index in [0.29, 0.717) is 39.2 Å². The van der Waals surface area contributed by atoms with Crippen LogP contribution in [0.15, 0.2) is 30.3 Å². The van der Waals surface area contributed by atoms with Crippen molar-refractivity contribution in [3.8, 4) is 0 Å². The number of benzene rings is 1. The normalized spacial score (nSPS) is 17.4. The van der Waals surface area contributed by atoms with Gasteiger partial charge in [-0.25, -0.2) is 0 Å². The van der Waals surface area contributed by atoms with Crippen LogP contribution in [0.2, 0.25) is 0 Å². The number of amides is 1. The molecule has 0 bridgehead atoms. The molecule has 0 atom stereocenters. The van der Waals surface area contributed by atoms with Gasteiger partial charge in [0, 0.05) is 39.6 Å². The van der Waals surface area contributed by atoms with Crippen LogP contribution in [-0.4, -0.2) is 54.9 Å². The van der Waals surface area contributed by atoms with Gasteiger partial charge in [0.2, 0.25) is 5.91 Å². The highest BCUT2D eigenvalue weighted by atomic mass is 16.5. The number of hydrogen-bond acceptors (Lipinski definition) is 4. The predicted octanol–water partition coefficient (Wildman–Crippen LogP) is 1.20. The van der Waals surface area contributed by atoms with E-state index in [-0.39, 0.29) is 12.5 Å². The van der Waals surface area contributed by atoms with E-state index < -0.39 is 5.60 Å². The number of aliphatic hydroxyl groups is 1. The molecule has 1 amide bonds. The van der Waals surface area contributed by atoms with Crippen LogP contribution in [0.1, 0.15) is 18.4 Å². The van der Waals surface area contributed by atoms with Crippen LogP contribution >= 0.6 is 0 Å². The lowest BCUT2D eigenvalue weighted by Crippen LogP contribution is -2.48. The number of likely N-dealkylation sites (N-methyl/N-ethyl adjacent to an activating group) is 1. The SMILES string of the molecule is CN(CC1(O)CCOCC1)C(=O)COCc1ccccc1. The Labute approximate surface area is 125 Å². The van der Waals surface area contributed by atoms with E-state index in [0.717, 1.165) is 5.56 Å². The maximum atomic E-state index is 12.0.